The zero-order chi connectivity index (χ0) is 13.1. The molecular weight excluding hydrogens is 257 g/mol. The van der Waals surface area contributed by atoms with Crippen molar-refractivity contribution in [3.05, 3.63) is 11.1 Å². The van der Waals surface area contributed by atoms with Gasteiger partial charge in [0.1, 0.15) is 5.92 Å². The number of nitrogens with two attached hydrogens (primary N) is 1. The molecule has 0 aliphatic carbocycles. The monoisotopic (exact) mass is 268 g/mol. The van der Waals surface area contributed by atoms with Gasteiger partial charge in [-0.2, -0.15) is 13.2 Å². The van der Waals surface area contributed by atoms with Gasteiger partial charge in [0.15, 0.2) is 5.13 Å². The molecule has 0 saturated heterocycles. The number of thiazole rings is 1. The maximum atomic E-state index is 12.3. The van der Waals surface area contributed by atoms with E-state index in [-0.39, 0.29) is 16.6 Å². The molecule has 96 valence electrons. The molecule has 1 aromatic rings. The first kappa shape index (κ1) is 13.8. The fraction of sp³-hybridized carbons (Fsp3) is 0.556. The summed E-state index contributed by atoms with van der Waals surface area (Å²) in [6.45, 7) is 1.56. The van der Waals surface area contributed by atoms with Crippen molar-refractivity contribution in [2.75, 3.05) is 12.3 Å². The van der Waals surface area contributed by atoms with Gasteiger partial charge >= 0.3 is 12.1 Å². The molecule has 1 unspecified atom stereocenters. The molecule has 2 N–H and O–H groups in total. The highest BCUT2D eigenvalue weighted by Crippen LogP contribution is 2.35. The Morgan fingerprint density at radius 3 is 2.71 bits per heavy atom. The number of hydrogen-bond donors (Lipinski definition) is 1. The Kier molecular flexibility index (Phi) is 4.33. The number of aromatic nitrogens is 1. The molecule has 1 aromatic heterocycles. The van der Waals surface area contributed by atoms with Crippen molar-refractivity contribution < 1.29 is 22.7 Å². The van der Waals surface area contributed by atoms with Crippen molar-refractivity contribution in [3.8, 4) is 0 Å². The number of carbonyl (C=O) groups is 1. The first-order chi connectivity index (χ1) is 7.83. The van der Waals surface area contributed by atoms with Gasteiger partial charge in [-0.25, -0.2) is 4.98 Å². The molecule has 0 spiro atoms. The summed E-state index contributed by atoms with van der Waals surface area (Å²) >= 11 is 0.857. The average molecular weight is 268 g/mol. The number of hydrogen-bond acceptors (Lipinski definition) is 5. The van der Waals surface area contributed by atoms with Gasteiger partial charge in [-0.05, 0) is 6.92 Å². The Labute approximate surface area is 99.6 Å². The number of halogens is 3. The molecule has 1 rings (SSSR count). The Balaban J connectivity index is 2.90. The molecule has 0 saturated carbocycles. The number of anilines is 1. The van der Waals surface area contributed by atoms with Crippen LogP contribution in [0.1, 0.15) is 24.1 Å². The van der Waals surface area contributed by atoms with Crippen LogP contribution < -0.4 is 5.73 Å². The summed E-state index contributed by atoms with van der Waals surface area (Å²) in [4.78, 5) is 15.2. The van der Waals surface area contributed by atoms with E-state index in [0.29, 0.717) is 0 Å². The smallest absolute Gasteiger partial charge is 0.390 e. The SMILES string of the molecule is CCOC(=O)C(CC(F)(F)F)c1cnc(N)s1. The molecule has 0 amide bonds. The fourth-order valence-corrected chi connectivity index (χ4v) is 2.01. The summed E-state index contributed by atoms with van der Waals surface area (Å²) in [5.74, 6) is -2.29. The number of alkyl halides is 3. The lowest BCUT2D eigenvalue weighted by atomic mass is 10.0. The third-order valence-electron chi connectivity index (χ3n) is 1.89. The maximum Gasteiger partial charge on any atom is 0.390 e. The second-order valence-electron chi connectivity index (χ2n) is 3.22. The van der Waals surface area contributed by atoms with E-state index in [2.05, 4.69) is 9.72 Å². The van der Waals surface area contributed by atoms with Gasteiger partial charge < -0.3 is 10.5 Å². The molecule has 0 bridgehead atoms. The minimum atomic E-state index is -4.45. The van der Waals surface area contributed by atoms with Crippen molar-refractivity contribution in [1.82, 2.24) is 4.98 Å². The van der Waals surface area contributed by atoms with Crippen molar-refractivity contribution in [2.45, 2.75) is 25.4 Å². The van der Waals surface area contributed by atoms with Gasteiger partial charge in [0.25, 0.3) is 0 Å². The van der Waals surface area contributed by atoms with Crippen LogP contribution in [0.3, 0.4) is 0 Å². The van der Waals surface area contributed by atoms with Gasteiger partial charge in [-0.15, -0.1) is 11.3 Å². The Bertz CT molecular complexity index is 392. The predicted octanol–water partition coefficient (Wildman–Crippen LogP) is 2.32. The van der Waals surface area contributed by atoms with Crippen LogP contribution in [0.25, 0.3) is 0 Å². The van der Waals surface area contributed by atoms with E-state index in [1.165, 1.54) is 13.1 Å². The fourth-order valence-electron chi connectivity index (χ4n) is 1.24. The van der Waals surface area contributed by atoms with Gasteiger partial charge in [-0.3, -0.25) is 4.79 Å². The van der Waals surface area contributed by atoms with Crippen LogP contribution in [0.2, 0.25) is 0 Å². The Morgan fingerprint density at radius 2 is 2.29 bits per heavy atom. The van der Waals surface area contributed by atoms with Gasteiger partial charge in [0, 0.05) is 11.1 Å². The number of esters is 1. The van der Waals surface area contributed by atoms with E-state index in [0.717, 1.165) is 11.3 Å². The van der Waals surface area contributed by atoms with Gasteiger partial charge in [0.05, 0.1) is 13.0 Å². The quantitative estimate of drug-likeness (QED) is 0.851. The number of ether oxygens (including phenoxy) is 1. The molecule has 0 radical (unpaired) electrons. The van der Waals surface area contributed by atoms with Crippen molar-refractivity contribution in [2.24, 2.45) is 0 Å². The van der Waals surface area contributed by atoms with Crippen LogP contribution in [0.4, 0.5) is 18.3 Å². The van der Waals surface area contributed by atoms with Crippen molar-refractivity contribution in [1.29, 1.82) is 0 Å². The molecule has 1 heterocycles. The van der Waals surface area contributed by atoms with E-state index in [4.69, 9.17) is 5.73 Å². The summed E-state index contributed by atoms with van der Waals surface area (Å²) in [7, 11) is 0. The molecule has 0 fully saturated rings. The summed E-state index contributed by atoms with van der Waals surface area (Å²) in [5, 5.41) is 0.122. The molecule has 0 aliphatic rings. The highest BCUT2D eigenvalue weighted by Gasteiger charge is 2.38. The third kappa shape index (κ3) is 4.22. The van der Waals surface area contributed by atoms with Crippen LogP contribution >= 0.6 is 11.3 Å². The van der Waals surface area contributed by atoms with Crippen LogP contribution in [0.5, 0.6) is 0 Å². The summed E-state index contributed by atoms with van der Waals surface area (Å²) in [6, 6.07) is 0. The molecular formula is C9H11F3N2O2S. The lowest BCUT2D eigenvalue weighted by molar-refractivity contribution is -0.160. The Hall–Kier alpha value is -1.31. The molecule has 0 aromatic carbocycles. The standard InChI is InChI=1S/C9H11F3N2O2S/c1-2-16-7(15)5(3-9(10,11)12)6-4-14-8(13)17-6/h4-5H,2-3H2,1H3,(H2,13,14). The van der Waals surface area contributed by atoms with Crippen molar-refractivity contribution in [3.63, 3.8) is 0 Å². The van der Waals surface area contributed by atoms with E-state index in [1.54, 1.807) is 0 Å². The molecule has 1 atom stereocenters. The largest absolute Gasteiger partial charge is 0.465 e. The van der Waals surface area contributed by atoms with E-state index < -0.39 is 24.5 Å². The number of rotatable bonds is 4. The number of nitrogens with zero attached hydrogens (tertiary/aromatic N) is 1. The highest BCUT2D eigenvalue weighted by atomic mass is 32.1. The van der Waals surface area contributed by atoms with Gasteiger partial charge in [-0.1, -0.05) is 0 Å². The lowest BCUT2D eigenvalue weighted by Gasteiger charge is -2.15. The Morgan fingerprint density at radius 1 is 1.65 bits per heavy atom. The third-order valence-corrected chi connectivity index (χ3v) is 2.83. The van der Waals surface area contributed by atoms with Crippen LogP contribution in [0.15, 0.2) is 6.20 Å². The number of carbonyl (C=O) groups excluding carboxylic acids is 1. The molecule has 0 aliphatic heterocycles. The maximum absolute atomic E-state index is 12.3. The lowest BCUT2D eigenvalue weighted by Crippen LogP contribution is -2.22. The second kappa shape index (κ2) is 5.35. The predicted molar refractivity (Wildman–Crippen MR) is 56.6 cm³/mol. The average Bonchev–Trinajstić information content (AvgIpc) is 2.60. The van der Waals surface area contributed by atoms with E-state index >= 15 is 0 Å². The minimum Gasteiger partial charge on any atom is -0.465 e. The van der Waals surface area contributed by atoms with Crippen molar-refractivity contribution >= 4 is 22.4 Å². The zero-order valence-electron chi connectivity index (χ0n) is 8.95. The first-order valence-electron chi connectivity index (χ1n) is 4.78. The first-order valence-corrected chi connectivity index (χ1v) is 5.59. The van der Waals surface area contributed by atoms with Crippen LogP contribution in [-0.2, 0) is 9.53 Å². The molecule has 8 heteroatoms. The van der Waals surface area contributed by atoms with Crippen LogP contribution in [-0.4, -0.2) is 23.7 Å². The van der Waals surface area contributed by atoms with Gasteiger partial charge in [0.2, 0.25) is 0 Å². The zero-order valence-corrected chi connectivity index (χ0v) is 9.77. The van der Waals surface area contributed by atoms with E-state index in [9.17, 15) is 18.0 Å². The highest BCUT2D eigenvalue weighted by molar-refractivity contribution is 7.15. The summed E-state index contributed by atoms with van der Waals surface area (Å²) in [6.07, 6.45) is -4.54. The second-order valence-corrected chi connectivity index (χ2v) is 4.32. The number of nitrogen functional groups attached to an aromatic ring is 1. The molecule has 17 heavy (non-hydrogen) atoms. The topological polar surface area (TPSA) is 65.2 Å². The molecule has 4 nitrogen and oxygen atoms in total. The van der Waals surface area contributed by atoms with E-state index in [1.807, 2.05) is 0 Å². The summed E-state index contributed by atoms with van der Waals surface area (Å²) in [5.41, 5.74) is 5.33. The van der Waals surface area contributed by atoms with Crippen LogP contribution in [0, 0.1) is 0 Å². The summed E-state index contributed by atoms with van der Waals surface area (Å²) < 4.78 is 41.6. The minimum absolute atomic E-state index is 0.0292. The normalized spacial score (nSPS) is 13.4.